The molecule has 152 valence electrons. The van der Waals surface area contributed by atoms with E-state index in [1.165, 1.54) is 6.07 Å². The van der Waals surface area contributed by atoms with Crippen LogP contribution in [0, 0.1) is 10.1 Å². The molecule has 2 aromatic carbocycles. The van der Waals surface area contributed by atoms with Crippen molar-refractivity contribution in [3.63, 3.8) is 0 Å². The van der Waals surface area contributed by atoms with Crippen LogP contribution in [0.4, 0.5) is 11.4 Å². The molecule has 0 aliphatic rings. The Hall–Kier alpha value is -2.56. The van der Waals surface area contributed by atoms with Crippen molar-refractivity contribution in [3.05, 3.63) is 64.2 Å². The normalized spacial score (nSPS) is 10.6. The minimum atomic E-state index is -0.395. The number of halogens is 1. The Morgan fingerprint density at radius 3 is 2.46 bits per heavy atom. The molecular weight excluding hydrogens is 473 g/mol. The van der Waals surface area contributed by atoms with Crippen LogP contribution in [0.5, 0.6) is 5.75 Å². The van der Waals surface area contributed by atoms with Gasteiger partial charge < -0.3 is 20.7 Å². The van der Waals surface area contributed by atoms with Gasteiger partial charge in [0.15, 0.2) is 5.96 Å². The topological polar surface area (TPSA) is 101 Å². The monoisotopic (exact) mass is 499 g/mol. The predicted molar refractivity (Wildman–Crippen MR) is 123 cm³/mol. The van der Waals surface area contributed by atoms with Crippen LogP contribution in [-0.4, -0.2) is 44.7 Å². The predicted octanol–water partition coefficient (Wildman–Crippen LogP) is 3.04. The minimum absolute atomic E-state index is 0. The molecule has 0 atom stereocenters. The van der Waals surface area contributed by atoms with Gasteiger partial charge in [0.1, 0.15) is 11.4 Å². The zero-order valence-corrected chi connectivity index (χ0v) is 18.3. The molecule has 0 aromatic heterocycles. The number of hydrogen-bond acceptors (Lipinski definition) is 5. The lowest BCUT2D eigenvalue weighted by atomic mass is 10.1. The summed E-state index contributed by atoms with van der Waals surface area (Å²) in [5.74, 6) is 1.55. The van der Waals surface area contributed by atoms with Crippen LogP contribution in [0.1, 0.15) is 5.56 Å². The molecular formula is C19H26IN5O3. The van der Waals surface area contributed by atoms with E-state index in [1.807, 2.05) is 24.3 Å². The third kappa shape index (κ3) is 7.22. The summed E-state index contributed by atoms with van der Waals surface area (Å²) in [6.45, 7) is 1.80. The highest BCUT2D eigenvalue weighted by molar-refractivity contribution is 14.0. The van der Waals surface area contributed by atoms with Crippen LogP contribution in [0.2, 0.25) is 0 Å². The van der Waals surface area contributed by atoms with Crippen molar-refractivity contribution >= 4 is 41.3 Å². The van der Waals surface area contributed by atoms with Gasteiger partial charge >= 0.3 is 0 Å². The van der Waals surface area contributed by atoms with Crippen LogP contribution >= 0.6 is 24.0 Å². The van der Waals surface area contributed by atoms with Gasteiger partial charge in [0.25, 0.3) is 5.69 Å². The Bertz CT molecular complexity index is 786. The third-order valence-electron chi connectivity index (χ3n) is 3.94. The molecule has 2 aromatic rings. The van der Waals surface area contributed by atoms with E-state index in [-0.39, 0.29) is 29.7 Å². The Kier molecular flexibility index (Phi) is 10.7. The van der Waals surface area contributed by atoms with Gasteiger partial charge in [0.05, 0.1) is 12.0 Å². The largest absolute Gasteiger partial charge is 0.496 e. The van der Waals surface area contributed by atoms with Crippen molar-refractivity contribution in [2.24, 2.45) is 4.99 Å². The second-order valence-corrected chi connectivity index (χ2v) is 5.69. The maximum atomic E-state index is 11.0. The van der Waals surface area contributed by atoms with Crippen molar-refractivity contribution in [1.82, 2.24) is 10.6 Å². The third-order valence-corrected chi connectivity index (χ3v) is 3.94. The first kappa shape index (κ1) is 23.5. The molecule has 0 unspecified atom stereocenters. The van der Waals surface area contributed by atoms with Crippen LogP contribution < -0.4 is 20.7 Å². The first-order valence-corrected chi connectivity index (χ1v) is 8.69. The van der Waals surface area contributed by atoms with Crippen LogP contribution in [0.25, 0.3) is 0 Å². The van der Waals surface area contributed by atoms with Crippen LogP contribution in [0.15, 0.2) is 53.5 Å². The fraction of sp³-hybridized carbons (Fsp3) is 0.316. The van der Waals surface area contributed by atoms with E-state index in [0.29, 0.717) is 31.3 Å². The standard InChI is InChI=1S/C19H25N5O3.HI/c1-20-19(22-12-11-15-7-3-6-10-18(15)27-2)23-14-13-21-16-8-4-5-9-17(16)24(25)26;/h3-10,21H,11-14H2,1-2H3,(H2,20,22,23);1H. The molecule has 0 bridgehead atoms. The van der Waals surface area contributed by atoms with Crippen molar-refractivity contribution < 1.29 is 9.66 Å². The van der Waals surface area contributed by atoms with Gasteiger partial charge in [-0.2, -0.15) is 0 Å². The number of rotatable bonds is 9. The number of para-hydroxylation sites is 3. The van der Waals surface area contributed by atoms with Gasteiger partial charge in [-0.15, -0.1) is 24.0 Å². The van der Waals surface area contributed by atoms with Crippen molar-refractivity contribution in [2.75, 3.05) is 39.1 Å². The number of anilines is 1. The zero-order valence-electron chi connectivity index (χ0n) is 16.0. The van der Waals surface area contributed by atoms with Gasteiger partial charge in [-0.25, -0.2) is 0 Å². The Labute approximate surface area is 181 Å². The molecule has 0 fully saturated rings. The lowest BCUT2D eigenvalue weighted by molar-refractivity contribution is -0.384. The molecule has 0 amide bonds. The van der Waals surface area contributed by atoms with Gasteiger partial charge in [-0.05, 0) is 24.1 Å². The van der Waals surface area contributed by atoms with E-state index in [9.17, 15) is 10.1 Å². The van der Waals surface area contributed by atoms with E-state index in [1.54, 1.807) is 32.4 Å². The van der Waals surface area contributed by atoms with E-state index < -0.39 is 4.92 Å². The first-order valence-electron chi connectivity index (χ1n) is 8.69. The van der Waals surface area contributed by atoms with E-state index >= 15 is 0 Å². The Morgan fingerprint density at radius 2 is 1.75 bits per heavy atom. The van der Waals surface area contributed by atoms with Gasteiger partial charge in [0.2, 0.25) is 0 Å². The fourth-order valence-electron chi connectivity index (χ4n) is 2.61. The summed E-state index contributed by atoms with van der Waals surface area (Å²) in [6.07, 6.45) is 0.805. The van der Waals surface area contributed by atoms with Gasteiger partial charge in [0, 0.05) is 32.7 Å². The molecule has 0 heterocycles. The molecule has 0 saturated heterocycles. The van der Waals surface area contributed by atoms with Crippen molar-refractivity contribution in [2.45, 2.75) is 6.42 Å². The zero-order chi connectivity index (χ0) is 19.5. The smallest absolute Gasteiger partial charge is 0.292 e. The minimum Gasteiger partial charge on any atom is -0.496 e. The average molecular weight is 499 g/mol. The number of ether oxygens (including phenoxy) is 1. The number of benzene rings is 2. The number of nitro benzene ring substituents is 1. The summed E-state index contributed by atoms with van der Waals surface area (Å²) in [5.41, 5.74) is 1.70. The maximum absolute atomic E-state index is 11.0. The van der Waals surface area contributed by atoms with Crippen LogP contribution in [0.3, 0.4) is 0 Å². The van der Waals surface area contributed by atoms with Crippen LogP contribution in [-0.2, 0) is 6.42 Å². The lowest BCUT2D eigenvalue weighted by Gasteiger charge is -2.13. The number of methoxy groups -OCH3 is 1. The molecule has 9 heteroatoms. The number of nitrogens with zero attached hydrogens (tertiary/aromatic N) is 2. The molecule has 28 heavy (non-hydrogen) atoms. The summed E-state index contributed by atoms with van der Waals surface area (Å²) in [5, 5.41) is 20.5. The Morgan fingerprint density at radius 1 is 1.07 bits per heavy atom. The van der Waals surface area contributed by atoms with Gasteiger partial charge in [-0.1, -0.05) is 30.3 Å². The number of nitro groups is 1. The first-order chi connectivity index (χ1) is 13.2. The lowest BCUT2D eigenvalue weighted by Crippen LogP contribution is -2.40. The summed E-state index contributed by atoms with van der Waals surface area (Å²) >= 11 is 0. The number of guanidine groups is 1. The highest BCUT2D eigenvalue weighted by atomic mass is 127. The van der Waals surface area contributed by atoms with Crippen molar-refractivity contribution in [3.8, 4) is 5.75 Å². The quantitative estimate of drug-likeness (QED) is 0.123. The molecule has 3 N–H and O–H groups in total. The van der Waals surface area contributed by atoms with Gasteiger partial charge in [-0.3, -0.25) is 15.1 Å². The van der Waals surface area contributed by atoms with E-state index in [0.717, 1.165) is 17.7 Å². The SMILES string of the molecule is CN=C(NCCNc1ccccc1[N+](=O)[O-])NCCc1ccccc1OC.I. The molecule has 0 spiro atoms. The summed E-state index contributed by atoms with van der Waals surface area (Å²) in [6, 6.07) is 14.5. The molecule has 0 aliphatic heterocycles. The summed E-state index contributed by atoms with van der Waals surface area (Å²) in [7, 11) is 3.37. The molecule has 0 radical (unpaired) electrons. The maximum Gasteiger partial charge on any atom is 0.292 e. The Balaban J connectivity index is 0.00000392. The molecule has 0 aliphatic carbocycles. The molecule has 2 rings (SSSR count). The highest BCUT2D eigenvalue weighted by Gasteiger charge is 2.11. The van der Waals surface area contributed by atoms with E-state index in [2.05, 4.69) is 20.9 Å². The molecule has 8 nitrogen and oxygen atoms in total. The second-order valence-electron chi connectivity index (χ2n) is 5.69. The second kappa shape index (κ2) is 12.8. The van der Waals surface area contributed by atoms with E-state index in [4.69, 9.17) is 4.74 Å². The summed E-state index contributed by atoms with van der Waals surface area (Å²) in [4.78, 5) is 14.8. The van der Waals surface area contributed by atoms with Crippen molar-refractivity contribution in [1.29, 1.82) is 0 Å². The number of aliphatic imine (C=N–C) groups is 1. The highest BCUT2D eigenvalue weighted by Crippen LogP contribution is 2.22. The number of hydrogen-bond donors (Lipinski definition) is 3. The molecule has 0 saturated carbocycles. The average Bonchev–Trinajstić information content (AvgIpc) is 2.70. The summed E-state index contributed by atoms with van der Waals surface area (Å²) < 4.78 is 5.35. The number of nitrogens with one attached hydrogen (secondary N) is 3. The fourth-order valence-corrected chi connectivity index (χ4v) is 2.61.